The highest BCUT2D eigenvalue weighted by molar-refractivity contribution is 14.1. The number of benzene rings is 1. The van der Waals surface area contributed by atoms with Gasteiger partial charge in [0.05, 0.1) is 7.11 Å². The van der Waals surface area contributed by atoms with Gasteiger partial charge in [0.2, 0.25) is 0 Å². The van der Waals surface area contributed by atoms with Gasteiger partial charge < -0.3 is 4.74 Å². The minimum Gasteiger partial charge on any atom is -0.467 e. The van der Waals surface area contributed by atoms with E-state index < -0.39 is 5.54 Å². The van der Waals surface area contributed by atoms with Crippen LogP contribution >= 0.6 is 22.6 Å². The van der Waals surface area contributed by atoms with E-state index in [0.717, 1.165) is 22.1 Å². The lowest BCUT2D eigenvalue weighted by Crippen LogP contribution is -2.47. The number of ether oxygens (including phenoxy) is 1. The fourth-order valence-electron chi connectivity index (χ4n) is 1.65. The molecule has 0 aliphatic heterocycles. The SMILES string of the molecule is CCCNC(C)(C(=O)OC)c1ccc(I)cc1. The van der Waals surface area contributed by atoms with E-state index in [1.807, 2.05) is 31.2 Å². The van der Waals surface area contributed by atoms with Gasteiger partial charge in [0.1, 0.15) is 5.54 Å². The van der Waals surface area contributed by atoms with Gasteiger partial charge in [-0.05, 0) is 60.2 Å². The molecule has 1 aromatic carbocycles. The van der Waals surface area contributed by atoms with Gasteiger partial charge in [-0.2, -0.15) is 0 Å². The number of methoxy groups -OCH3 is 1. The van der Waals surface area contributed by atoms with Crippen molar-refractivity contribution in [2.75, 3.05) is 13.7 Å². The third-order valence-corrected chi connectivity index (χ3v) is 3.46. The summed E-state index contributed by atoms with van der Waals surface area (Å²) in [6, 6.07) is 7.90. The molecule has 4 heteroatoms. The van der Waals surface area contributed by atoms with Gasteiger partial charge in [-0.15, -0.1) is 0 Å². The van der Waals surface area contributed by atoms with E-state index in [0.29, 0.717) is 0 Å². The molecule has 1 unspecified atom stereocenters. The predicted octanol–water partition coefficient (Wildman–Crippen LogP) is 2.68. The number of halogens is 1. The Morgan fingerprint density at radius 3 is 2.47 bits per heavy atom. The van der Waals surface area contributed by atoms with Crippen LogP contribution in [0.15, 0.2) is 24.3 Å². The lowest BCUT2D eigenvalue weighted by molar-refractivity contribution is -0.148. The highest BCUT2D eigenvalue weighted by Gasteiger charge is 2.35. The first-order valence-electron chi connectivity index (χ1n) is 5.64. The van der Waals surface area contributed by atoms with E-state index in [1.54, 1.807) is 0 Å². The number of carbonyl (C=O) groups excluding carboxylic acids is 1. The summed E-state index contributed by atoms with van der Waals surface area (Å²) in [4.78, 5) is 11.9. The number of nitrogens with one attached hydrogen (secondary N) is 1. The van der Waals surface area contributed by atoms with Gasteiger partial charge in [0.15, 0.2) is 0 Å². The Bertz CT molecular complexity index is 378. The Balaban J connectivity index is 3.04. The molecule has 1 N–H and O–H groups in total. The lowest BCUT2D eigenvalue weighted by Gasteiger charge is -2.28. The van der Waals surface area contributed by atoms with E-state index in [2.05, 4.69) is 34.8 Å². The summed E-state index contributed by atoms with van der Waals surface area (Å²) in [5, 5.41) is 3.26. The molecule has 1 aromatic rings. The Morgan fingerprint density at radius 2 is 2.00 bits per heavy atom. The second-order valence-electron chi connectivity index (χ2n) is 4.05. The molecule has 1 atom stereocenters. The molecule has 0 amide bonds. The van der Waals surface area contributed by atoms with Crippen molar-refractivity contribution in [2.24, 2.45) is 0 Å². The largest absolute Gasteiger partial charge is 0.467 e. The molecule has 0 aromatic heterocycles. The molecule has 17 heavy (non-hydrogen) atoms. The minimum atomic E-state index is -0.769. The van der Waals surface area contributed by atoms with Crippen LogP contribution in [-0.2, 0) is 15.1 Å². The maximum Gasteiger partial charge on any atom is 0.330 e. The number of hydrogen-bond acceptors (Lipinski definition) is 3. The van der Waals surface area contributed by atoms with Crippen LogP contribution in [0.1, 0.15) is 25.8 Å². The van der Waals surface area contributed by atoms with Crippen molar-refractivity contribution in [3.8, 4) is 0 Å². The summed E-state index contributed by atoms with van der Waals surface area (Å²) in [5.41, 5.74) is 0.160. The van der Waals surface area contributed by atoms with Gasteiger partial charge in [0.25, 0.3) is 0 Å². The van der Waals surface area contributed by atoms with Gasteiger partial charge in [-0.3, -0.25) is 5.32 Å². The molecular weight excluding hydrogens is 329 g/mol. The Labute approximate surface area is 116 Å². The maximum absolute atomic E-state index is 11.9. The highest BCUT2D eigenvalue weighted by atomic mass is 127. The van der Waals surface area contributed by atoms with Crippen molar-refractivity contribution in [1.82, 2.24) is 5.32 Å². The number of rotatable bonds is 5. The Kier molecular flexibility index (Phi) is 5.39. The summed E-state index contributed by atoms with van der Waals surface area (Å²) in [6.45, 7) is 4.70. The summed E-state index contributed by atoms with van der Waals surface area (Å²) >= 11 is 2.24. The molecular formula is C13H18INO2. The zero-order valence-corrected chi connectivity index (χ0v) is 12.6. The second-order valence-corrected chi connectivity index (χ2v) is 5.30. The topological polar surface area (TPSA) is 38.3 Å². The molecule has 0 bridgehead atoms. The summed E-state index contributed by atoms with van der Waals surface area (Å²) in [7, 11) is 1.42. The minimum absolute atomic E-state index is 0.257. The van der Waals surface area contributed by atoms with Gasteiger partial charge in [0, 0.05) is 3.57 Å². The third-order valence-electron chi connectivity index (χ3n) is 2.74. The standard InChI is InChI=1S/C13H18INO2/c1-4-9-15-13(2,12(16)17-3)10-5-7-11(14)8-6-10/h5-8,15H,4,9H2,1-3H3. The van der Waals surface area contributed by atoms with E-state index >= 15 is 0 Å². The number of carbonyl (C=O) groups is 1. The maximum atomic E-state index is 11.9. The van der Waals surface area contributed by atoms with Crippen molar-refractivity contribution in [2.45, 2.75) is 25.8 Å². The molecule has 0 aliphatic carbocycles. The molecule has 0 radical (unpaired) electrons. The normalized spacial score (nSPS) is 14.1. The quantitative estimate of drug-likeness (QED) is 0.658. The van der Waals surface area contributed by atoms with Crippen LogP contribution in [0, 0.1) is 3.57 Å². The third kappa shape index (κ3) is 3.42. The van der Waals surface area contributed by atoms with Crippen LogP contribution in [0.3, 0.4) is 0 Å². The second kappa shape index (κ2) is 6.35. The fraction of sp³-hybridized carbons (Fsp3) is 0.462. The Hall–Kier alpha value is -0.620. The first kappa shape index (κ1) is 14.4. The van der Waals surface area contributed by atoms with Crippen LogP contribution in [-0.4, -0.2) is 19.6 Å². The summed E-state index contributed by atoms with van der Waals surface area (Å²) in [5.74, 6) is -0.257. The average molecular weight is 347 g/mol. The highest BCUT2D eigenvalue weighted by Crippen LogP contribution is 2.23. The first-order valence-corrected chi connectivity index (χ1v) is 6.72. The zero-order valence-electron chi connectivity index (χ0n) is 10.4. The van der Waals surface area contributed by atoms with Gasteiger partial charge in [-0.1, -0.05) is 19.1 Å². The molecule has 0 aliphatic rings. The summed E-state index contributed by atoms with van der Waals surface area (Å²) < 4.78 is 6.04. The van der Waals surface area contributed by atoms with E-state index in [1.165, 1.54) is 7.11 Å². The molecule has 3 nitrogen and oxygen atoms in total. The monoisotopic (exact) mass is 347 g/mol. The summed E-state index contributed by atoms with van der Waals surface area (Å²) in [6.07, 6.45) is 0.969. The van der Waals surface area contributed by atoms with Crippen molar-refractivity contribution >= 4 is 28.6 Å². The fourth-order valence-corrected chi connectivity index (χ4v) is 2.01. The molecule has 94 valence electrons. The van der Waals surface area contributed by atoms with E-state index in [4.69, 9.17) is 4.74 Å². The molecule has 0 heterocycles. The van der Waals surface area contributed by atoms with E-state index in [-0.39, 0.29) is 5.97 Å². The molecule has 0 saturated heterocycles. The number of hydrogen-bond donors (Lipinski definition) is 1. The predicted molar refractivity (Wildman–Crippen MR) is 76.8 cm³/mol. The van der Waals surface area contributed by atoms with Crippen LogP contribution in [0.25, 0.3) is 0 Å². The van der Waals surface area contributed by atoms with Gasteiger partial charge in [-0.25, -0.2) is 4.79 Å². The molecule has 0 saturated carbocycles. The average Bonchev–Trinajstić information content (AvgIpc) is 2.35. The molecule has 0 fully saturated rings. The smallest absolute Gasteiger partial charge is 0.330 e. The van der Waals surface area contributed by atoms with Crippen LogP contribution in [0.4, 0.5) is 0 Å². The molecule has 1 rings (SSSR count). The number of esters is 1. The first-order chi connectivity index (χ1) is 8.04. The van der Waals surface area contributed by atoms with Crippen molar-refractivity contribution in [3.05, 3.63) is 33.4 Å². The lowest BCUT2D eigenvalue weighted by atomic mass is 9.92. The van der Waals surface area contributed by atoms with Crippen molar-refractivity contribution < 1.29 is 9.53 Å². The van der Waals surface area contributed by atoms with Crippen LogP contribution < -0.4 is 5.32 Å². The van der Waals surface area contributed by atoms with Crippen LogP contribution in [0.5, 0.6) is 0 Å². The Morgan fingerprint density at radius 1 is 1.41 bits per heavy atom. The van der Waals surface area contributed by atoms with Crippen LogP contribution in [0.2, 0.25) is 0 Å². The van der Waals surface area contributed by atoms with Crippen molar-refractivity contribution in [1.29, 1.82) is 0 Å². The zero-order chi connectivity index (χ0) is 12.9. The van der Waals surface area contributed by atoms with Crippen molar-refractivity contribution in [3.63, 3.8) is 0 Å². The van der Waals surface area contributed by atoms with E-state index in [9.17, 15) is 4.79 Å². The van der Waals surface area contributed by atoms with Gasteiger partial charge >= 0.3 is 5.97 Å². The molecule has 0 spiro atoms.